The molecule has 0 unspecified atom stereocenters. The Morgan fingerprint density at radius 2 is 1.92 bits per heavy atom. The van der Waals surface area contributed by atoms with Crippen molar-refractivity contribution >= 4 is 17.3 Å². The lowest BCUT2D eigenvalue weighted by atomic mass is 10.2. The molecule has 24 heavy (non-hydrogen) atoms. The number of rotatable bonds is 8. The number of hydrogen-bond donors (Lipinski definition) is 1. The summed E-state index contributed by atoms with van der Waals surface area (Å²) in [6, 6.07) is 7.56. The van der Waals surface area contributed by atoms with Crippen molar-refractivity contribution in [3.63, 3.8) is 0 Å². The summed E-state index contributed by atoms with van der Waals surface area (Å²) >= 11 is 0. The van der Waals surface area contributed by atoms with Crippen LogP contribution in [0.4, 0.5) is 17.3 Å². The molecular formula is C18H26N4O2. The molecule has 0 fully saturated rings. The lowest BCUT2D eigenvalue weighted by Crippen LogP contribution is -2.20. The van der Waals surface area contributed by atoms with Gasteiger partial charge in [0.1, 0.15) is 29.0 Å². The number of anilines is 3. The molecule has 0 amide bonds. The molecule has 2 rings (SSSR count). The standard InChI is InChI=1S/C18H26N4O2/c1-6-7-10-22(3)18-12-17(19-13(2)20-18)21-15-11-14(23-4)8-9-16(15)24-5/h8-9,11-12H,6-7,10H2,1-5H3,(H,19,20,21). The quantitative estimate of drug-likeness (QED) is 0.795. The van der Waals surface area contributed by atoms with Crippen LogP contribution in [-0.2, 0) is 0 Å². The molecule has 0 atom stereocenters. The Morgan fingerprint density at radius 3 is 2.58 bits per heavy atom. The Morgan fingerprint density at radius 1 is 1.12 bits per heavy atom. The number of hydrogen-bond acceptors (Lipinski definition) is 6. The summed E-state index contributed by atoms with van der Waals surface area (Å²) in [5.74, 6) is 3.84. The molecule has 0 aliphatic heterocycles. The first kappa shape index (κ1) is 17.8. The molecule has 1 heterocycles. The van der Waals surface area contributed by atoms with Crippen molar-refractivity contribution in [2.45, 2.75) is 26.7 Å². The fraction of sp³-hybridized carbons (Fsp3) is 0.444. The Hall–Kier alpha value is -2.50. The first-order valence-electron chi connectivity index (χ1n) is 8.13. The first-order chi connectivity index (χ1) is 11.6. The van der Waals surface area contributed by atoms with Crippen LogP contribution in [0.25, 0.3) is 0 Å². The highest BCUT2D eigenvalue weighted by atomic mass is 16.5. The predicted molar refractivity (Wildman–Crippen MR) is 97.8 cm³/mol. The molecule has 0 radical (unpaired) electrons. The van der Waals surface area contributed by atoms with Gasteiger partial charge in [-0.05, 0) is 25.5 Å². The topological polar surface area (TPSA) is 59.5 Å². The van der Waals surface area contributed by atoms with Gasteiger partial charge in [-0.25, -0.2) is 9.97 Å². The third kappa shape index (κ3) is 4.50. The number of aromatic nitrogens is 2. The van der Waals surface area contributed by atoms with Crippen molar-refractivity contribution in [2.75, 3.05) is 38.0 Å². The highest BCUT2D eigenvalue weighted by Gasteiger charge is 2.10. The van der Waals surface area contributed by atoms with Gasteiger partial charge < -0.3 is 19.7 Å². The maximum absolute atomic E-state index is 5.41. The molecule has 1 aromatic heterocycles. The zero-order valence-corrected chi connectivity index (χ0v) is 15.1. The largest absolute Gasteiger partial charge is 0.497 e. The van der Waals surface area contributed by atoms with Crippen LogP contribution in [0.1, 0.15) is 25.6 Å². The molecule has 0 spiro atoms. The van der Waals surface area contributed by atoms with Crippen LogP contribution in [0.15, 0.2) is 24.3 Å². The first-order valence-corrected chi connectivity index (χ1v) is 8.13. The molecule has 130 valence electrons. The van der Waals surface area contributed by atoms with E-state index < -0.39 is 0 Å². The smallest absolute Gasteiger partial charge is 0.142 e. The molecule has 0 aliphatic rings. The number of aryl methyl sites for hydroxylation is 1. The van der Waals surface area contributed by atoms with E-state index >= 15 is 0 Å². The predicted octanol–water partition coefficient (Wildman–Crippen LogP) is 3.78. The average Bonchev–Trinajstić information content (AvgIpc) is 2.59. The minimum Gasteiger partial charge on any atom is -0.497 e. The molecular weight excluding hydrogens is 304 g/mol. The third-order valence-corrected chi connectivity index (χ3v) is 3.73. The zero-order chi connectivity index (χ0) is 17.5. The Balaban J connectivity index is 2.28. The Kier molecular flexibility index (Phi) is 6.23. The van der Waals surface area contributed by atoms with Gasteiger partial charge in [0.05, 0.1) is 19.9 Å². The molecule has 0 aliphatic carbocycles. The van der Waals surface area contributed by atoms with Gasteiger partial charge in [0.2, 0.25) is 0 Å². The van der Waals surface area contributed by atoms with E-state index in [2.05, 4.69) is 27.1 Å². The summed E-state index contributed by atoms with van der Waals surface area (Å²) in [6.45, 7) is 5.04. The highest BCUT2D eigenvalue weighted by Crippen LogP contribution is 2.31. The molecule has 1 N–H and O–H groups in total. The normalized spacial score (nSPS) is 10.4. The van der Waals surface area contributed by atoms with E-state index in [0.29, 0.717) is 0 Å². The van der Waals surface area contributed by atoms with E-state index in [9.17, 15) is 0 Å². The van der Waals surface area contributed by atoms with E-state index in [4.69, 9.17) is 9.47 Å². The Labute approximate surface area is 143 Å². The Bertz CT molecular complexity index is 676. The number of nitrogens with zero attached hydrogens (tertiary/aromatic N) is 3. The number of unbranched alkanes of at least 4 members (excludes halogenated alkanes) is 1. The number of methoxy groups -OCH3 is 2. The summed E-state index contributed by atoms with van der Waals surface area (Å²) in [6.07, 6.45) is 2.28. The monoisotopic (exact) mass is 330 g/mol. The van der Waals surface area contributed by atoms with Crippen LogP contribution in [0, 0.1) is 6.92 Å². The van der Waals surface area contributed by atoms with E-state index in [1.165, 1.54) is 0 Å². The SMILES string of the molecule is CCCCN(C)c1cc(Nc2cc(OC)ccc2OC)nc(C)n1. The second kappa shape index (κ2) is 8.38. The van der Waals surface area contributed by atoms with Crippen molar-refractivity contribution < 1.29 is 9.47 Å². The highest BCUT2D eigenvalue weighted by molar-refractivity contribution is 5.67. The minimum atomic E-state index is 0.722. The van der Waals surface area contributed by atoms with Crippen molar-refractivity contribution in [3.05, 3.63) is 30.1 Å². The lowest BCUT2D eigenvalue weighted by molar-refractivity contribution is 0.405. The fourth-order valence-electron chi connectivity index (χ4n) is 2.37. The zero-order valence-electron chi connectivity index (χ0n) is 15.1. The minimum absolute atomic E-state index is 0.722. The van der Waals surface area contributed by atoms with Gasteiger partial charge in [-0.1, -0.05) is 13.3 Å². The van der Waals surface area contributed by atoms with Crippen molar-refractivity contribution in [2.24, 2.45) is 0 Å². The molecule has 2 aromatic rings. The van der Waals surface area contributed by atoms with Crippen LogP contribution < -0.4 is 19.7 Å². The van der Waals surface area contributed by atoms with Gasteiger partial charge in [0.25, 0.3) is 0 Å². The molecule has 6 nitrogen and oxygen atoms in total. The van der Waals surface area contributed by atoms with E-state index in [0.717, 1.165) is 54.0 Å². The van der Waals surface area contributed by atoms with Gasteiger partial charge in [-0.2, -0.15) is 0 Å². The van der Waals surface area contributed by atoms with Crippen LogP contribution in [0.5, 0.6) is 11.5 Å². The summed E-state index contributed by atoms with van der Waals surface area (Å²) in [5, 5.41) is 3.31. The van der Waals surface area contributed by atoms with E-state index in [1.807, 2.05) is 38.2 Å². The second-order valence-corrected chi connectivity index (χ2v) is 5.62. The summed E-state index contributed by atoms with van der Waals surface area (Å²) in [5.41, 5.74) is 0.803. The molecule has 0 saturated carbocycles. The maximum atomic E-state index is 5.41. The lowest BCUT2D eigenvalue weighted by Gasteiger charge is -2.19. The molecule has 6 heteroatoms. The summed E-state index contributed by atoms with van der Waals surface area (Å²) < 4.78 is 10.7. The van der Waals surface area contributed by atoms with Gasteiger partial charge >= 0.3 is 0 Å². The summed E-state index contributed by atoms with van der Waals surface area (Å²) in [4.78, 5) is 11.1. The van der Waals surface area contributed by atoms with Crippen molar-refractivity contribution in [1.82, 2.24) is 9.97 Å². The third-order valence-electron chi connectivity index (χ3n) is 3.73. The van der Waals surface area contributed by atoms with Crippen molar-refractivity contribution in [1.29, 1.82) is 0 Å². The van der Waals surface area contributed by atoms with Gasteiger partial charge in [0.15, 0.2) is 0 Å². The molecule has 0 bridgehead atoms. The van der Waals surface area contributed by atoms with Crippen LogP contribution in [0.3, 0.4) is 0 Å². The van der Waals surface area contributed by atoms with Crippen LogP contribution in [0.2, 0.25) is 0 Å². The fourth-order valence-corrected chi connectivity index (χ4v) is 2.37. The number of nitrogens with one attached hydrogen (secondary N) is 1. The molecule has 0 saturated heterocycles. The second-order valence-electron chi connectivity index (χ2n) is 5.62. The van der Waals surface area contributed by atoms with Gasteiger partial charge in [-0.3, -0.25) is 0 Å². The van der Waals surface area contributed by atoms with Crippen LogP contribution in [-0.4, -0.2) is 37.8 Å². The van der Waals surface area contributed by atoms with Gasteiger partial charge in [0, 0.05) is 25.7 Å². The van der Waals surface area contributed by atoms with E-state index in [-0.39, 0.29) is 0 Å². The van der Waals surface area contributed by atoms with Crippen molar-refractivity contribution in [3.8, 4) is 11.5 Å². The van der Waals surface area contributed by atoms with Crippen LogP contribution >= 0.6 is 0 Å². The number of benzene rings is 1. The number of ether oxygens (including phenoxy) is 2. The maximum Gasteiger partial charge on any atom is 0.142 e. The summed E-state index contributed by atoms with van der Waals surface area (Å²) in [7, 11) is 5.33. The average molecular weight is 330 g/mol. The van der Waals surface area contributed by atoms with Gasteiger partial charge in [-0.15, -0.1) is 0 Å². The molecule has 1 aromatic carbocycles. The van der Waals surface area contributed by atoms with E-state index in [1.54, 1.807) is 14.2 Å².